The molecule has 0 heterocycles. The number of ether oxygens (including phenoxy) is 1. The predicted octanol–water partition coefficient (Wildman–Crippen LogP) is 12.2. The molecule has 300 valence electrons. The van der Waals surface area contributed by atoms with Crippen LogP contribution in [0.1, 0.15) is 117 Å². The smallest absolute Gasteiger partial charge is 0.469 e. The maximum atomic E-state index is 15.1. The second-order valence-electron chi connectivity index (χ2n) is 19.4. The van der Waals surface area contributed by atoms with Crippen LogP contribution in [0.15, 0.2) is 60.7 Å². The van der Waals surface area contributed by atoms with Crippen molar-refractivity contribution >= 4 is 22.1 Å². The van der Waals surface area contributed by atoms with Crippen molar-refractivity contribution in [2.75, 3.05) is 7.11 Å². The van der Waals surface area contributed by atoms with E-state index in [9.17, 15) is 4.79 Å². The Morgan fingerprint density at radius 2 is 1.43 bits per heavy atom. The van der Waals surface area contributed by atoms with Crippen molar-refractivity contribution in [1.82, 2.24) is 0 Å². The van der Waals surface area contributed by atoms with E-state index >= 15 is 4.57 Å². The van der Waals surface area contributed by atoms with Gasteiger partial charge in [0.15, 0.2) is 8.32 Å². The van der Waals surface area contributed by atoms with Crippen LogP contribution in [0.2, 0.25) is 18.1 Å². The van der Waals surface area contributed by atoms with Gasteiger partial charge >= 0.3 is 13.8 Å². The van der Waals surface area contributed by atoms with Crippen LogP contribution in [-0.2, 0) is 45.3 Å². The fourth-order valence-electron chi connectivity index (χ4n) is 11.3. The van der Waals surface area contributed by atoms with Crippen LogP contribution in [0.3, 0.4) is 0 Å². The van der Waals surface area contributed by atoms with E-state index < -0.39 is 16.1 Å². The normalized spacial score (nSPS) is 33.3. The van der Waals surface area contributed by atoms with Gasteiger partial charge in [-0.2, -0.15) is 0 Å². The molecule has 0 radical (unpaired) electrons. The first-order chi connectivity index (χ1) is 25.5. The number of phosphoric ester groups is 1. The molecule has 2 aromatic carbocycles. The number of carbonyl (C=O) groups is 1. The van der Waals surface area contributed by atoms with E-state index in [1.807, 2.05) is 60.7 Å². The van der Waals surface area contributed by atoms with Crippen LogP contribution < -0.4 is 0 Å². The number of benzene rings is 2. The van der Waals surface area contributed by atoms with Gasteiger partial charge in [0.05, 0.1) is 26.4 Å². The number of hydrogen-bond donors (Lipinski definition) is 0. The summed E-state index contributed by atoms with van der Waals surface area (Å²) in [6.07, 6.45) is 9.97. The lowest BCUT2D eigenvalue weighted by molar-refractivity contribution is -0.171. The molecule has 0 amide bonds. The van der Waals surface area contributed by atoms with Gasteiger partial charge in [0.25, 0.3) is 0 Å². The third-order valence-corrected chi connectivity index (χ3v) is 21.4. The Kier molecular flexibility index (Phi) is 12.8. The molecule has 0 N–H and O–H groups in total. The summed E-state index contributed by atoms with van der Waals surface area (Å²) in [5.74, 6) is 2.33. The summed E-state index contributed by atoms with van der Waals surface area (Å²) in [6, 6.07) is 19.8. The molecular weight excluding hydrogens is 712 g/mol. The first kappa shape index (κ1) is 41.8. The summed E-state index contributed by atoms with van der Waals surface area (Å²) in [7, 11) is -4.49. The van der Waals surface area contributed by atoms with Crippen molar-refractivity contribution in [3.05, 3.63) is 71.8 Å². The number of carbonyl (C=O) groups excluding carboxylic acids is 1. The fourth-order valence-corrected chi connectivity index (χ4v) is 14.1. The molecule has 54 heavy (non-hydrogen) atoms. The zero-order chi connectivity index (χ0) is 38.9. The van der Waals surface area contributed by atoms with E-state index in [4.69, 9.17) is 22.7 Å². The van der Waals surface area contributed by atoms with Crippen LogP contribution in [0, 0.1) is 46.3 Å². The van der Waals surface area contributed by atoms with E-state index in [0.717, 1.165) is 62.5 Å². The van der Waals surface area contributed by atoms with Crippen molar-refractivity contribution in [2.45, 2.75) is 149 Å². The number of fused-ring (bicyclic) bond motifs is 5. The highest BCUT2D eigenvalue weighted by atomic mass is 31.2. The Morgan fingerprint density at radius 1 is 0.852 bits per heavy atom. The summed E-state index contributed by atoms with van der Waals surface area (Å²) in [5, 5.41) is 0.150. The Balaban J connectivity index is 1.32. The van der Waals surface area contributed by atoms with Gasteiger partial charge in [-0.1, -0.05) is 102 Å². The fraction of sp³-hybridized carbons (Fsp3) is 0.711. The van der Waals surface area contributed by atoms with E-state index in [-0.39, 0.29) is 53.2 Å². The summed E-state index contributed by atoms with van der Waals surface area (Å²) in [6.45, 7) is 19.5. The van der Waals surface area contributed by atoms with Crippen molar-refractivity contribution in [1.29, 1.82) is 0 Å². The van der Waals surface area contributed by atoms with Crippen LogP contribution in [0.5, 0.6) is 0 Å². The Bertz CT molecular complexity index is 1550. The van der Waals surface area contributed by atoms with Crippen molar-refractivity contribution in [3.8, 4) is 0 Å². The Labute approximate surface area is 327 Å². The molecule has 0 aliphatic heterocycles. The lowest BCUT2D eigenvalue weighted by atomic mass is 9.43. The molecule has 2 aromatic rings. The first-order valence-electron chi connectivity index (χ1n) is 20.9. The number of hydrogen-bond acceptors (Lipinski definition) is 7. The van der Waals surface area contributed by atoms with E-state index in [1.165, 1.54) is 13.5 Å². The largest absolute Gasteiger partial charge is 0.475 e. The summed E-state index contributed by atoms with van der Waals surface area (Å²) in [4.78, 5) is 12.2. The monoisotopic (exact) mass is 780 g/mol. The van der Waals surface area contributed by atoms with Crippen LogP contribution in [0.4, 0.5) is 0 Å². The van der Waals surface area contributed by atoms with Gasteiger partial charge < -0.3 is 9.16 Å². The second kappa shape index (κ2) is 16.6. The number of rotatable bonds is 14. The molecule has 4 aliphatic carbocycles. The van der Waals surface area contributed by atoms with Crippen molar-refractivity contribution < 1.29 is 32.1 Å². The second-order valence-corrected chi connectivity index (χ2v) is 25.8. The highest BCUT2D eigenvalue weighted by Gasteiger charge is 2.64. The third-order valence-electron chi connectivity index (χ3n) is 15.4. The minimum atomic E-state index is -4.02. The molecular formula is C45H69O7PSi. The summed E-state index contributed by atoms with van der Waals surface area (Å²) < 4.78 is 46.9. The Morgan fingerprint density at radius 3 is 2.00 bits per heavy atom. The van der Waals surface area contributed by atoms with Crippen molar-refractivity contribution in [2.24, 2.45) is 46.3 Å². The zero-order valence-electron chi connectivity index (χ0n) is 34.7. The molecule has 9 heteroatoms. The van der Waals surface area contributed by atoms with Gasteiger partial charge in [0.2, 0.25) is 0 Å². The van der Waals surface area contributed by atoms with Crippen LogP contribution >= 0.6 is 7.82 Å². The average Bonchev–Trinajstić information content (AvgIpc) is 3.50. The van der Waals surface area contributed by atoms with Gasteiger partial charge in [-0.15, -0.1) is 0 Å². The van der Waals surface area contributed by atoms with Gasteiger partial charge in [-0.05, 0) is 133 Å². The lowest BCUT2D eigenvalue weighted by Gasteiger charge is -2.63. The SMILES string of the molecule is COC(=O)CC[C@@H](C)[C@H]1CC[C@H]2[C@@H]3[C@H](OP(=O)(OCc4ccccc4)OCc4ccccc4)C[C@@H]4CC(O[Si](C)(C)C(C)(C)C)CC[C@]4(C)[C@H]3CC[C@]12C. The Hall–Kier alpha value is -1.80. The minimum absolute atomic E-state index is 0.115. The maximum Gasteiger partial charge on any atom is 0.475 e. The highest BCUT2D eigenvalue weighted by Crippen LogP contribution is 2.70. The molecule has 0 aromatic heterocycles. The van der Waals surface area contributed by atoms with Crippen molar-refractivity contribution in [3.63, 3.8) is 0 Å². The third kappa shape index (κ3) is 8.85. The summed E-state index contributed by atoms with van der Waals surface area (Å²) >= 11 is 0. The van der Waals surface area contributed by atoms with Gasteiger partial charge in [-0.3, -0.25) is 18.4 Å². The molecule has 7 nitrogen and oxygen atoms in total. The zero-order valence-corrected chi connectivity index (χ0v) is 36.6. The van der Waals surface area contributed by atoms with Crippen LogP contribution in [0.25, 0.3) is 0 Å². The lowest BCUT2D eigenvalue weighted by Crippen LogP contribution is -2.59. The topological polar surface area (TPSA) is 80.3 Å². The first-order valence-corrected chi connectivity index (χ1v) is 25.2. The molecule has 0 bridgehead atoms. The number of phosphoric acid groups is 1. The minimum Gasteiger partial charge on any atom is -0.469 e. The molecule has 1 unspecified atom stereocenters. The standard InChI is InChI=1S/C45H69O7PSi/c1-32(20-23-41(46)48-7)37-21-22-38-42-39(25-27-45(37,38)6)44(5)26-24-36(52-54(8,9)43(2,3)4)28-35(44)29-40(42)51-53(47,49-30-33-16-12-10-13-17-33)50-31-34-18-14-11-15-19-34/h10-19,32,35-40,42H,20-31H2,1-9H3/t32-,35+,36?,37-,38+,39+,40-,42+,44+,45-/m1/s1. The molecule has 6 rings (SSSR count). The number of esters is 1. The van der Waals surface area contributed by atoms with Gasteiger partial charge in [-0.25, -0.2) is 4.57 Å². The molecule has 4 saturated carbocycles. The molecule has 4 fully saturated rings. The van der Waals surface area contributed by atoms with E-state index in [0.29, 0.717) is 36.0 Å². The van der Waals surface area contributed by atoms with E-state index in [1.54, 1.807) is 0 Å². The summed E-state index contributed by atoms with van der Waals surface area (Å²) in [5.41, 5.74) is 2.14. The molecule has 10 atom stereocenters. The predicted molar refractivity (Wildman–Crippen MR) is 218 cm³/mol. The van der Waals surface area contributed by atoms with Gasteiger partial charge in [0, 0.05) is 12.5 Å². The quantitative estimate of drug-likeness (QED) is 0.107. The van der Waals surface area contributed by atoms with Crippen LogP contribution in [-0.4, -0.2) is 33.6 Å². The maximum absolute atomic E-state index is 15.1. The molecule has 0 spiro atoms. The number of methoxy groups -OCH3 is 1. The molecule has 0 saturated heterocycles. The van der Waals surface area contributed by atoms with Gasteiger partial charge in [0.1, 0.15) is 0 Å². The highest BCUT2D eigenvalue weighted by molar-refractivity contribution is 7.48. The average molecular weight is 781 g/mol. The van der Waals surface area contributed by atoms with E-state index in [2.05, 4.69) is 54.6 Å². The molecule has 4 aliphatic rings.